The van der Waals surface area contributed by atoms with E-state index in [1.165, 1.54) is 12.7 Å². The molecule has 0 N–H and O–H groups in total. The van der Waals surface area contributed by atoms with Crippen LogP contribution < -0.4 is 0 Å². The van der Waals surface area contributed by atoms with Crippen LogP contribution in [0, 0.1) is 5.92 Å². The van der Waals surface area contributed by atoms with E-state index in [1.54, 1.807) is 0 Å². The highest BCUT2D eigenvalue weighted by Crippen LogP contribution is 2.50. The van der Waals surface area contributed by atoms with Crippen LogP contribution in [0.5, 0.6) is 0 Å². The van der Waals surface area contributed by atoms with Crippen molar-refractivity contribution in [2.45, 2.75) is 31.1 Å². The van der Waals surface area contributed by atoms with Gasteiger partial charge < -0.3 is 13.8 Å². The van der Waals surface area contributed by atoms with Crippen molar-refractivity contribution in [3.8, 4) is 0 Å². The van der Waals surface area contributed by atoms with E-state index in [4.69, 9.17) is 13.9 Å². The van der Waals surface area contributed by atoms with E-state index >= 15 is 0 Å². The monoisotopic (exact) mass is 364 g/mol. The van der Waals surface area contributed by atoms with E-state index in [-0.39, 0.29) is 11.3 Å². The molecule has 1 aliphatic heterocycles. The minimum Gasteiger partial charge on any atom is -0.451 e. The fourth-order valence-electron chi connectivity index (χ4n) is 4.58. The van der Waals surface area contributed by atoms with Crippen LogP contribution in [0.3, 0.4) is 0 Å². The lowest BCUT2D eigenvalue weighted by atomic mass is 9.80. The maximum Gasteiger partial charge on any atom is 0.275 e. The third-order valence-corrected chi connectivity index (χ3v) is 5.91. The number of carbonyl (C=O) groups excluding carboxylic acids is 1. The number of hydrogen-bond acceptors (Lipinski definition) is 6. The molecule has 1 aliphatic carbocycles. The summed E-state index contributed by atoms with van der Waals surface area (Å²) in [6.07, 6.45) is 6.48. The first-order valence-corrected chi connectivity index (χ1v) is 9.29. The van der Waals surface area contributed by atoms with Crippen LogP contribution in [0.25, 0.3) is 0 Å². The van der Waals surface area contributed by atoms with E-state index in [2.05, 4.69) is 22.3 Å². The average molecular weight is 364 g/mol. The first-order chi connectivity index (χ1) is 13.2. The fourth-order valence-corrected chi connectivity index (χ4v) is 4.58. The van der Waals surface area contributed by atoms with Gasteiger partial charge in [-0.1, -0.05) is 41.9 Å². The number of oxazole rings is 1. The van der Waals surface area contributed by atoms with Gasteiger partial charge in [0.15, 0.2) is 17.9 Å². The van der Waals surface area contributed by atoms with Crippen LogP contribution in [0.2, 0.25) is 0 Å². The summed E-state index contributed by atoms with van der Waals surface area (Å²) in [5.41, 5.74) is 1.27. The third-order valence-electron chi connectivity index (χ3n) is 5.91. The molecule has 1 saturated carbocycles. The van der Waals surface area contributed by atoms with Gasteiger partial charge in [0.05, 0.1) is 5.41 Å². The Morgan fingerprint density at radius 1 is 1.30 bits per heavy atom. The van der Waals surface area contributed by atoms with Crippen LogP contribution in [-0.2, 0) is 11.8 Å². The second kappa shape index (κ2) is 6.33. The van der Waals surface area contributed by atoms with Crippen molar-refractivity contribution in [1.29, 1.82) is 0 Å². The molecule has 3 heterocycles. The Morgan fingerprint density at radius 3 is 3.00 bits per heavy atom. The number of fused-ring (bicyclic) bond motifs is 1. The van der Waals surface area contributed by atoms with Crippen LogP contribution >= 0.6 is 0 Å². The molecule has 138 valence electrons. The molecule has 0 bridgehead atoms. The molecule has 2 aliphatic rings. The molecule has 2 atom stereocenters. The zero-order chi connectivity index (χ0) is 18.3. The Labute approximate surface area is 156 Å². The Balaban J connectivity index is 1.39. The quantitative estimate of drug-likeness (QED) is 0.708. The van der Waals surface area contributed by atoms with Crippen molar-refractivity contribution in [2.24, 2.45) is 5.92 Å². The molecular weight excluding hydrogens is 344 g/mol. The number of carbonyl (C=O) groups is 1. The molecule has 3 aromatic rings. The van der Waals surface area contributed by atoms with E-state index in [0.717, 1.165) is 24.8 Å². The van der Waals surface area contributed by atoms with Crippen molar-refractivity contribution in [3.63, 3.8) is 0 Å². The van der Waals surface area contributed by atoms with E-state index < -0.39 is 0 Å². The first-order valence-electron chi connectivity index (χ1n) is 9.29. The number of amides is 1. The van der Waals surface area contributed by atoms with Crippen molar-refractivity contribution < 1.29 is 13.7 Å². The Hall–Kier alpha value is -2.96. The van der Waals surface area contributed by atoms with Gasteiger partial charge in [-0.3, -0.25) is 4.79 Å². The number of hydrogen-bond donors (Lipinski definition) is 0. The lowest BCUT2D eigenvalue weighted by Gasteiger charge is -2.23. The molecule has 0 spiro atoms. The van der Waals surface area contributed by atoms with Gasteiger partial charge in [0.1, 0.15) is 6.26 Å². The Morgan fingerprint density at radius 2 is 2.19 bits per heavy atom. The maximum absolute atomic E-state index is 12.7. The highest BCUT2D eigenvalue weighted by molar-refractivity contribution is 5.92. The molecule has 5 rings (SSSR count). The van der Waals surface area contributed by atoms with Crippen LogP contribution in [0.4, 0.5) is 0 Å². The molecule has 2 fully saturated rings. The molecule has 27 heavy (non-hydrogen) atoms. The summed E-state index contributed by atoms with van der Waals surface area (Å²) in [6.45, 7) is 1.29. The van der Waals surface area contributed by atoms with E-state index in [1.807, 2.05) is 23.1 Å². The second-order valence-electron chi connectivity index (χ2n) is 7.48. The van der Waals surface area contributed by atoms with Crippen LogP contribution in [0.1, 0.15) is 47.0 Å². The molecule has 1 aromatic carbocycles. The highest BCUT2D eigenvalue weighted by Gasteiger charge is 2.55. The van der Waals surface area contributed by atoms with Gasteiger partial charge in [0.25, 0.3) is 5.91 Å². The van der Waals surface area contributed by atoms with Crippen LogP contribution in [0.15, 0.2) is 51.9 Å². The standard InChI is InChI=1S/C20H20N4O3/c25-18(16-11-26-13-21-16)24-10-15-7-4-8-20(15,12-24)19-22-17(23-27-19)9-14-5-2-1-3-6-14/h1-3,5-6,11,13,15H,4,7-10,12H2/t15-,20-/m1/s1. The van der Waals surface area contributed by atoms with Crippen molar-refractivity contribution >= 4 is 5.91 Å². The lowest BCUT2D eigenvalue weighted by Crippen LogP contribution is -2.35. The number of rotatable bonds is 4. The van der Waals surface area contributed by atoms with Crippen molar-refractivity contribution in [1.82, 2.24) is 20.0 Å². The highest BCUT2D eigenvalue weighted by atomic mass is 16.5. The van der Waals surface area contributed by atoms with Gasteiger partial charge in [-0.2, -0.15) is 4.98 Å². The van der Waals surface area contributed by atoms with E-state index in [9.17, 15) is 4.79 Å². The smallest absolute Gasteiger partial charge is 0.275 e. The first kappa shape index (κ1) is 16.2. The van der Waals surface area contributed by atoms with Crippen molar-refractivity contribution in [3.05, 3.63) is 66.0 Å². The topological polar surface area (TPSA) is 85.3 Å². The van der Waals surface area contributed by atoms with Crippen LogP contribution in [-0.4, -0.2) is 39.0 Å². The third kappa shape index (κ3) is 2.74. The summed E-state index contributed by atoms with van der Waals surface area (Å²) in [6, 6.07) is 10.1. The SMILES string of the molecule is O=C(c1cocn1)N1C[C@H]2CCC[C@@]2(c2nc(Cc3ccccc3)no2)C1. The molecule has 2 aromatic heterocycles. The fraction of sp³-hybridized carbons (Fsp3) is 0.400. The molecule has 1 amide bonds. The summed E-state index contributed by atoms with van der Waals surface area (Å²) >= 11 is 0. The molecule has 0 unspecified atom stereocenters. The molecular formula is C20H20N4O3. The predicted molar refractivity (Wildman–Crippen MR) is 95.0 cm³/mol. The summed E-state index contributed by atoms with van der Waals surface area (Å²) < 4.78 is 10.7. The average Bonchev–Trinajstić information content (AvgIpc) is 3.45. The molecule has 0 radical (unpaired) electrons. The van der Waals surface area contributed by atoms with Gasteiger partial charge in [0.2, 0.25) is 5.89 Å². The summed E-state index contributed by atoms with van der Waals surface area (Å²) in [5, 5.41) is 4.21. The van der Waals surface area contributed by atoms with E-state index in [0.29, 0.717) is 42.8 Å². The molecule has 1 saturated heterocycles. The summed E-state index contributed by atoms with van der Waals surface area (Å²) in [7, 11) is 0. The zero-order valence-corrected chi connectivity index (χ0v) is 14.9. The minimum absolute atomic E-state index is 0.0958. The van der Waals surface area contributed by atoms with Gasteiger partial charge in [-0.15, -0.1) is 0 Å². The van der Waals surface area contributed by atoms with Gasteiger partial charge in [-0.25, -0.2) is 4.98 Å². The predicted octanol–water partition coefficient (Wildman–Crippen LogP) is 2.84. The zero-order valence-electron chi connectivity index (χ0n) is 14.9. The summed E-state index contributed by atoms with van der Waals surface area (Å²) in [4.78, 5) is 23.3. The molecule has 7 nitrogen and oxygen atoms in total. The summed E-state index contributed by atoms with van der Waals surface area (Å²) in [5.74, 6) is 1.61. The Kier molecular flexibility index (Phi) is 3.81. The number of benzene rings is 1. The number of aromatic nitrogens is 3. The molecule has 7 heteroatoms. The maximum atomic E-state index is 12.7. The van der Waals surface area contributed by atoms with Gasteiger partial charge in [0, 0.05) is 19.5 Å². The second-order valence-corrected chi connectivity index (χ2v) is 7.48. The minimum atomic E-state index is -0.235. The van der Waals surface area contributed by atoms with Crippen molar-refractivity contribution in [2.75, 3.05) is 13.1 Å². The Bertz CT molecular complexity index is 937. The largest absolute Gasteiger partial charge is 0.451 e. The number of likely N-dealkylation sites (tertiary alicyclic amines) is 1. The normalized spacial score (nSPS) is 24.3. The van der Waals surface area contributed by atoms with Gasteiger partial charge in [-0.05, 0) is 24.3 Å². The number of nitrogens with zero attached hydrogens (tertiary/aromatic N) is 4. The van der Waals surface area contributed by atoms with Gasteiger partial charge >= 0.3 is 0 Å². The lowest BCUT2D eigenvalue weighted by molar-refractivity contribution is 0.0769.